The normalized spacial score (nSPS) is 9.73. The third-order valence-corrected chi connectivity index (χ3v) is 3.07. The molecule has 0 spiro atoms. The average molecular weight is 355 g/mol. The molecule has 2 aromatic rings. The van der Waals surface area contributed by atoms with Crippen molar-refractivity contribution in [1.29, 1.82) is 0 Å². The molecule has 2 heterocycles. The van der Waals surface area contributed by atoms with E-state index in [0.717, 1.165) is 20.1 Å². The predicted octanol–water partition coefficient (Wildman–Crippen LogP) is 2.62. The van der Waals surface area contributed by atoms with Crippen molar-refractivity contribution in [3.05, 3.63) is 22.2 Å². The van der Waals surface area contributed by atoms with Crippen molar-refractivity contribution in [3.8, 4) is 11.3 Å². The van der Waals surface area contributed by atoms with E-state index in [1.165, 1.54) is 11.8 Å². The van der Waals surface area contributed by atoms with Crippen molar-refractivity contribution in [3.63, 3.8) is 0 Å². The lowest BCUT2D eigenvalue weighted by molar-refractivity contribution is 0.976. The van der Waals surface area contributed by atoms with Gasteiger partial charge in [-0.15, -0.1) is 12.4 Å². The average Bonchev–Trinajstić information content (AvgIpc) is 2.65. The SMILES string of the molecule is CSc1nccc(-c2cn[nH]c2I)n1.Cl. The van der Waals surface area contributed by atoms with Crippen LogP contribution in [0.3, 0.4) is 0 Å². The van der Waals surface area contributed by atoms with Gasteiger partial charge in [-0.3, -0.25) is 5.10 Å². The second-order valence-corrected chi connectivity index (χ2v) is 4.38. The van der Waals surface area contributed by atoms with Crippen LogP contribution in [0, 0.1) is 3.70 Å². The van der Waals surface area contributed by atoms with Crippen LogP contribution in [0.15, 0.2) is 23.6 Å². The van der Waals surface area contributed by atoms with Gasteiger partial charge in [0.2, 0.25) is 0 Å². The highest BCUT2D eigenvalue weighted by molar-refractivity contribution is 14.1. The lowest BCUT2D eigenvalue weighted by atomic mass is 10.2. The van der Waals surface area contributed by atoms with Crippen molar-refractivity contribution in [2.75, 3.05) is 6.26 Å². The van der Waals surface area contributed by atoms with E-state index in [-0.39, 0.29) is 12.4 Å². The summed E-state index contributed by atoms with van der Waals surface area (Å²) in [6.45, 7) is 0. The molecule has 0 aliphatic heterocycles. The second-order valence-electron chi connectivity index (χ2n) is 2.53. The van der Waals surface area contributed by atoms with Gasteiger partial charge in [0, 0.05) is 6.20 Å². The summed E-state index contributed by atoms with van der Waals surface area (Å²) in [7, 11) is 0. The molecule has 0 unspecified atom stereocenters. The molecule has 2 aromatic heterocycles. The summed E-state index contributed by atoms with van der Waals surface area (Å²) in [6.07, 6.45) is 5.49. The Bertz CT molecular complexity index is 448. The number of nitrogens with one attached hydrogen (secondary N) is 1. The number of aromatic nitrogens is 4. The fraction of sp³-hybridized carbons (Fsp3) is 0.125. The van der Waals surface area contributed by atoms with Crippen LogP contribution < -0.4 is 0 Å². The molecule has 7 heteroatoms. The van der Waals surface area contributed by atoms with E-state index in [4.69, 9.17) is 0 Å². The van der Waals surface area contributed by atoms with Crippen LogP contribution in [0.25, 0.3) is 11.3 Å². The number of halogens is 2. The van der Waals surface area contributed by atoms with Gasteiger partial charge in [0.15, 0.2) is 5.16 Å². The molecule has 2 rings (SSSR count). The van der Waals surface area contributed by atoms with E-state index in [1.54, 1.807) is 12.4 Å². The first kappa shape index (κ1) is 12.7. The maximum atomic E-state index is 4.38. The number of hydrogen-bond donors (Lipinski definition) is 1. The number of hydrogen-bond acceptors (Lipinski definition) is 4. The van der Waals surface area contributed by atoms with Crippen LogP contribution in [0.4, 0.5) is 0 Å². The Hall–Kier alpha value is -0.340. The molecule has 0 amide bonds. The number of thioether (sulfide) groups is 1. The van der Waals surface area contributed by atoms with Crippen LogP contribution in [-0.4, -0.2) is 26.4 Å². The lowest BCUT2D eigenvalue weighted by Crippen LogP contribution is -1.88. The molecule has 0 saturated carbocycles. The van der Waals surface area contributed by atoms with Gasteiger partial charge in [0.1, 0.15) is 3.70 Å². The first-order valence-corrected chi connectivity index (χ1v) is 6.18. The topological polar surface area (TPSA) is 54.5 Å². The van der Waals surface area contributed by atoms with Crippen LogP contribution in [0.2, 0.25) is 0 Å². The Morgan fingerprint density at radius 2 is 2.27 bits per heavy atom. The van der Waals surface area contributed by atoms with Crippen LogP contribution in [-0.2, 0) is 0 Å². The first-order chi connectivity index (χ1) is 6.81. The minimum absolute atomic E-state index is 0. The zero-order chi connectivity index (χ0) is 9.97. The molecule has 1 N–H and O–H groups in total. The summed E-state index contributed by atoms with van der Waals surface area (Å²) in [5.41, 5.74) is 1.92. The van der Waals surface area contributed by atoms with E-state index in [1.807, 2.05) is 12.3 Å². The highest BCUT2D eigenvalue weighted by Crippen LogP contribution is 2.22. The summed E-state index contributed by atoms with van der Waals surface area (Å²) < 4.78 is 0.994. The van der Waals surface area contributed by atoms with Crippen LogP contribution >= 0.6 is 46.8 Å². The monoisotopic (exact) mass is 354 g/mol. The lowest BCUT2D eigenvalue weighted by Gasteiger charge is -1.98. The zero-order valence-electron chi connectivity index (χ0n) is 7.77. The van der Waals surface area contributed by atoms with Crippen LogP contribution in [0.5, 0.6) is 0 Å². The smallest absolute Gasteiger partial charge is 0.187 e. The highest BCUT2D eigenvalue weighted by Gasteiger charge is 2.06. The number of aromatic amines is 1. The van der Waals surface area contributed by atoms with Crippen molar-refractivity contribution in [2.24, 2.45) is 0 Å². The predicted molar refractivity (Wildman–Crippen MR) is 71.4 cm³/mol. The minimum atomic E-state index is 0. The van der Waals surface area contributed by atoms with Gasteiger partial charge in [0.25, 0.3) is 0 Å². The molecule has 4 nitrogen and oxygen atoms in total. The Balaban J connectivity index is 0.00000112. The standard InChI is InChI=1S/C8H7IN4S.ClH/c1-14-8-10-3-2-6(12-8)5-4-11-13-7(5)9;/h2-4H,1H3,(H,11,13);1H. The summed E-state index contributed by atoms with van der Waals surface area (Å²) in [6, 6.07) is 1.88. The Kier molecular flexibility index (Phi) is 4.81. The van der Waals surface area contributed by atoms with E-state index in [9.17, 15) is 0 Å². The van der Waals surface area contributed by atoms with Gasteiger partial charge in [-0.2, -0.15) is 5.10 Å². The number of nitrogens with zero attached hydrogens (tertiary/aromatic N) is 3. The molecule has 0 bridgehead atoms. The van der Waals surface area contributed by atoms with Crippen molar-refractivity contribution in [2.45, 2.75) is 5.16 Å². The highest BCUT2D eigenvalue weighted by atomic mass is 127. The Morgan fingerprint density at radius 3 is 2.87 bits per heavy atom. The third-order valence-electron chi connectivity index (χ3n) is 1.68. The fourth-order valence-corrected chi connectivity index (χ4v) is 1.95. The van der Waals surface area contributed by atoms with Crippen molar-refractivity contribution in [1.82, 2.24) is 20.2 Å². The molecule has 0 aromatic carbocycles. The molecule has 15 heavy (non-hydrogen) atoms. The quantitative estimate of drug-likeness (QED) is 0.512. The Morgan fingerprint density at radius 1 is 1.47 bits per heavy atom. The van der Waals surface area contributed by atoms with Crippen molar-refractivity contribution >= 4 is 46.8 Å². The molecule has 0 aliphatic carbocycles. The van der Waals surface area contributed by atoms with Gasteiger partial charge >= 0.3 is 0 Å². The van der Waals surface area contributed by atoms with E-state index in [0.29, 0.717) is 0 Å². The maximum absolute atomic E-state index is 4.38. The first-order valence-electron chi connectivity index (χ1n) is 3.87. The summed E-state index contributed by atoms with van der Waals surface area (Å²) in [5, 5.41) is 7.61. The van der Waals surface area contributed by atoms with E-state index in [2.05, 4.69) is 42.8 Å². The third kappa shape index (κ3) is 2.82. The number of rotatable bonds is 2. The zero-order valence-corrected chi connectivity index (χ0v) is 11.6. The van der Waals surface area contributed by atoms with Gasteiger partial charge in [-0.25, -0.2) is 9.97 Å². The molecular weight excluding hydrogens is 347 g/mol. The molecule has 0 atom stereocenters. The molecule has 0 aliphatic rings. The molecule has 0 radical (unpaired) electrons. The molecular formula is C8H8ClIN4S. The largest absolute Gasteiger partial charge is 0.272 e. The van der Waals surface area contributed by atoms with Crippen molar-refractivity contribution < 1.29 is 0 Å². The summed E-state index contributed by atoms with van der Waals surface area (Å²) >= 11 is 3.73. The van der Waals surface area contributed by atoms with E-state index < -0.39 is 0 Å². The van der Waals surface area contributed by atoms with Gasteiger partial charge in [-0.05, 0) is 34.9 Å². The van der Waals surface area contributed by atoms with Gasteiger partial charge in [0.05, 0.1) is 17.5 Å². The van der Waals surface area contributed by atoms with Crippen LogP contribution in [0.1, 0.15) is 0 Å². The summed E-state index contributed by atoms with van der Waals surface area (Å²) in [5.74, 6) is 0. The minimum Gasteiger partial charge on any atom is -0.272 e. The van der Waals surface area contributed by atoms with Gasteiger partial charge in [-0.1, -0.05) is 11.8 Å². The molecule has 80 valence electrons. The Labute approximate surface area is 111 Å². The molecule has 0 fully saturated rings. The number of H-pyrrole nitrogens is 1. The second kappa shape index (κ2) is 5.66. The van der Waals surface area contributed by atoms with Gasteiger partial charge < -0.3 is 0 Å². The maximum Gasteiger partial charge on any atom is 0.187 e. The summed E-state index contributed by atoms with van der Waals surface area (Å²) in [4.78, 5) is 8.50. The fourth-order valence-electron chi connectivity index (χ4n) is 1.04. The van der Waals surface area contributed by atoms with E-state index >= 15 is 0 Å². The molecule has 0 saturated heterocycles.